The minimum Gasteiger partial charge on any atom is -0.493 e. The predicted molar refractivity (Wildman–Crippen MR) is 116 cm³/mol. The van der Waals surface area contributed by atoms with Crippen LogP contribution in [0.25, 0.3) is 0 Å². The van der Waals surface area contributed by atoms with Crippen LogP contribution in [0.3, 0.4) is 0 Å². The van der Waals surface area contributed by atoms with E-state index in [1.54, 1.807) is 14.2 Å². The molecule has 1 aromatic rings. The van der Waals surface area contributed by atoms with E-state index in [2.05, 4.69) is 42.2 Å². The van der Waals surface area contributed by atoms with Gasteiger partial charge in [0.2, 0.25) is 0 Å². The third-order valence-corrected chi connectivity index (χ3v) is 6.09. The van der Waals surface area contributed by atoms with Crippen molar-refractivity contribution in [1.82, 2.24) is 15.1 Å². The molecule has 0 amide bonds. The lowest BCUT2D eigenvalue weighted by molar-refractivity contribution is 0.156. The van der Waals surface area contributed by atoms with Crippen molar-refractivity contribution in [2.24, 2.45) is 10.4 Å². The highest BCUT2D eigenvalue weighted by molar-refractivity contribution is 5.80. The summed E-state index contributed by atoms with van der Waals surface area (Å²) in [5.74, 6) is 2.49. The third-order valence-electron chi connectivity index (χ3n) is 6.09. The Morgan fingerprint density at radius 2 is 2.07 bits per heavy atom. The molecule has 162 valence electrons. The van der Waals surface area contributed by atoms with E-state index in [0.29, 0.717) is 12.0 Å². The van der Waals surface area contributed by atoms with Gasteiger partial charge in [0.25, 0.3) is 0 Å². The van der Waals surface area contributed by atoms with E-state index in [4.69, 9.17) is 19.2 Å². The van der Waals surface area contributed by atoms with E-state index in [1.807, 2.05) is 12.1 Å². The lowest BCUT2D eigenvalue weighted by Crippen LogP contribution is -2.42. The van der Waals surface area contributed by atoms with Crippen molar-refractivity contribution in [2.45, 2.75) is 25.8 Å². The van der Waals surface area contributed by atoms with Gasteiger partial charge in [0.1, 0.15) is 0 Å². The van der Waals surface area contributed by atoms with Gasteiger partial charge in [0.15, 0.2) is 17.5 Å². The largest absolute Gasteiger partial charge is 0.493 e. The summed E-state index contributed by atoms with van der Waals surface area (Å²) in [5, 5.41) is 3.49. The molecule has 1 aromatic carbocycles. The van der Waals surface area contributed by atoms with Crippen LogP contribution in [0, 0.1) is 5.41 Å². The van der Waals surface area contributed by atoms with Gasteiger partial charge in [-0.2, -0.15) is 0 Å². The second-order valence-corrected chi connectivity index (χ2v) is 8.26. The van der Waals surface area contributed by atoms with Gasteiger partial charge in [0.05, 0.1) is 33.4 Å². The fourth-order valence-electron chi connectivity index (χ4n) is 4.31. The lowest BCUT2D eigenvalue weighted by Gasteiger charge is -2.27. The number of likely N-dealkylation sites (tertiary alicyclic amines) is 1. The monoisotopic (exact) mass is 404 g/mol. The van der Waals surface area contributed by atoms with Crippen LogP contribution in [0.5, 0.6) is 11.5 Å². The number of rotatable bonds is 7. The minimum atomic E-state index is 0.148. The molecule has 2 heterocycles. The average molecular weight is 405 g/mol. The first-order chi connectivity index (χ1) is 14.0. The van der Waals surface area contributed by atoms with Crippen LogP contribution in [0.4, 0.5) is 0 Å². The quantitative estimate of drug-likeness (QED) is 0.556. The van der Waals surface area contributed by atoms with E-state index < -0.39 is 0 Å². The Kier molecular flexibility index (Phi) is 7.24. The van der Waals surface area contributed by atoms with Gasteiger partial charge in [-0.3, -0.25) is 4.99 Å². The maximum atomic E-state index is 5.68. The molecule has 0 bridgehead atoms. The predicted octanol–water partition coefficient (Wildman–Crippen LogP) is 2.38. The van der Waals surface area contributed by atoms with Gasteiger partial charge >= 0.3 is 0 Å². The molecule has 1 spiro atoms. The number of aliphatic imine (C=N–C) groups is 1. The summed E-state index contributed by atoms with van der Waals surface area (Å²) in [7, 11) is 7.50. The van der Waals surface area contributed by atoms with Crippen molar-refractivity contribution in [2.75, 3.05) is 67.7 Å². The van der Waals surface area contributed by atoms with E-state index in [9.17, 15) is 0 Å². The second kappa shape index (κ2) is 9.67. The Morgan fingerprint density at radius 1 is 1.28 bits per heavy atom. The smallest absolute Gasteiger partial charge is 0.194 e. The Morgan fingerprint density at radius 3 is 2.69 bits per heavy atom. The average Bonchev–Trinajstić information content (AvgIpc) is 3.36. The number of nitrogens with zero attached hydrogens (tertiary/aromatic N) is 3. The van der Waals surface area contributed by atoms with Crippen LogP contribution < -0.4 is 14.8 Å². The van der Waals surface area contributed by atoms with E-state index in [0.717, 1.165) is 62.3 Å². The molecule has 2 aliphatic heterocycles. The standard InChI is InChI=1S/C22H36N4O3/c1-6-23-21(26-11-9-22(15-26)10-12-29-16-22)24-14-18(25(2)3)17-7-8-19(27-4)20(13-17)28-5/h7-8,13,18H,6,9-12,14-16H2,1-5H3,(H,23,24). The molecule has 2 unspecified atom stereocenters. The molecule has 0 saturated carbocycles. The van der Waals surface area contributed by atoms with Crippen molar-refractivity contribution >= 4 is 5.96 Å². The first-order valence-corrected chi connectivity index (χ1v) is 10.5. The first kappa shape index (κ1) is 21.7. The van der Waals surface area contributed by atoms with Crippen LogP contribution >= 0.6 is 0 Å². The van der Waals surface area contributed by atoms with E-state index >= 15 is 0 Å². The molecule has 0 aromatic heterocycles. The fraction of sp³-hybridized carbons (Fsp3) is 0.682. The van der Waals surface area contributed by atoms with Gasteiger partial charge in [0, 0.05) is 31.7 Å². The SMILES string of the molecule is CCNC(=NCC(c1ccc(OC)c(OC)c1)N(C)C)N1CCC2(CCOC2)C1. The van der Waals surface area contributed by atoms with Gasteiger partial charge < -0.3 is 29.3 Å². The summed E-state index contributed by atoms with van der Waals surface area (Å²) in [6.45, 7) is 7.50. The number of hydrogen-bond acceptors (Lipinski definition) is 5. The van der Waals surface area contributed by atoms with E-state index in [-0.39, 0.29) is 6.04 Å². The molecule has 29 heavy (non-hydrogen) atoms. The summed E-state index contributed by atoms with van der Waals surface area (Å²) in [4.78, 5) is 9.62. The van der Waals surface area contributed by atoms with Crippen molar-refractivity contribution in [3.8, 4) is 11.5 Å². The highest BCUT2D eigenvalue weighted by atomic mass is 16.5. The molecule has 7 nitrogen and oxygen atoms in total. The summed E-state index contributed by atoms with van der Waals surface area (Å²) < 4.78 is 16.6. The molecular weight excluding hydrogens is 368 g/mol. The summed E-state index contributed by atoms with van der Waals surface area (Å²) in [6.07, 6.45) is 2.35. The molecule has 7 heteroatoms. The maximum absolute atomic E-state index is 5.68. The van der Waals surface area contributed by atoms with Crippen LogP contribution in [-0.4, -0.2) is 83.5 Å². The zero-order chi connectivity index (χ0) is 20.9. The number of guanidine groups is 1. The number of ether oxygens (including phenoxy) is 3. The lowest BCUT2D eigenvalue weighted by atomic mass is 9.87. The molecule has 0 aliphatic carbocycles. The fourth-order valence-corrected chi connectivity index (χ4v) is 4.31. The number of methoxy groups -OCH3 is 2. The molecule has 2 fully saturated rings. The van der Waals surface area contributed by atoms with Crippen molar-refractivity contribution in [3.63, 3.8) is 0 Å². The van der Waals surface area contributed by atoms with Gasteiger partial charge in [-0.15, -0.1) is 0 Å². The third kappa shape index (κ3) is 4.95. The van der Waals surface area contributed by atoms with Gasteiger partial charge in [-0.1, -0.05) is 6.07 Å². The first-order valence-electron chi connectivity index (χ1n) is 10.5. The minimum absolute atomic E-state index is 0.148. The Bertz CT molecular complexity index is 701. The summed E-state index contributed by atoms with van der Waals surface area (Å²) in [5.41, 5.74) is 1.48. The highest BCUT2D eigenvalue weighted by Crippen LogP contribution is 2.38. The number of hydrogen-bond donors (Lipinski definition) is 1. The molecule has 1 N–H and O–H groups in total. The van der Waals surface area contributed by atoms with Gasteiger partial charge in [-0.25, -0.2) is 0 Å². The van der Waals surface area contributed by atoms with Gasteiger partial charge in [-0.05, 0) is 51.6 Å². The highest BCUT2D eigenvalue weighted by Gasteiger charge is 2.42. The number of nitrogens with one attached hydrogen (secondary N) is 1. The van der Waals surface area contributed by atoms with Crippen molar-refractivity contribution < 1.29 is 14.2 Å². The zero-order valence-corrected chi connectivity index (χ0v) is 18.5. The van der Waals surface area contributed by atoms with Crippen LogP contribution in [0.2, 0.25) is 0 Å². The molecule has 2 aliphatic rings. The Balaban J connectivity index is 1.77. The zero-order valence-electron chi connectivity index (χ0n) is 18.5. The topological polar surface area (TPSA) is 58.6 Å². The van der Waals surface area contributed by atoms with Crippen molar-refractivity contribution in [1.29, 1.82) is 0 Å². The molecule has 2 atom stereocenters. The summed E-state index contributed by atoms with van der Waals surface area (Å²) >= 11 is 0. The van der Waals surface area contributed by atoms with Crippen LogP contribution in [0.1, 0.15) is 31.4 Å². The van der Waals surface area contributed by atoms with Crippen molar-refractivity contribution in [3.05, 3.63) is 23.8 Å². The number of benzene rings is 1. The van der Waals surface area contributed by atoms with E-state index in [1.165, 1.54) is 6.42 Å². The maximum Gasteiger partial charge on any atom is 0.194 e. The molecule has 3 rings (SSSR count). The summed E-state index contributed by atoms with van der Waals surface area (Å²) in [6, 6.07) is 6.25. The Hall–Kier alpha value is -1.99. The van der Waals surface area contributed by atoms with Crippen LogP contribution in [-0.2, 0) is 4.74 Å². The van der Waals surface area contributed by atoms with Crippen LogP contribution in [0.15, 0.2) is 23.2 Å². The Labute approximate surface area is 175 Å². The molecule has 0 radical (unpaired) electrons. The molecule has 2 saturated heterocycles. The second-order valence-electron chi connectivity index (χ2n) is 8.26. The normalized spacial score (nSPS) is 23.1. The number of likely N-dealkylation sites (N-methyl/N-ethyl adjacent to an activating group) is 1. The molecular formula is C22H36N4O3.